The van der Waals surface area contributed by atoms with E-state index in [1.54, 1.807) is 23.5 Å². The van der Waals surface area contributed by atoms with Crippen molar-refractivity contribution in [3.05, 3.63) is 114 Å². The van der Waals surface area contributed by atoms with Gasteiger partial charge in [-0.25, -0.2) is 14.4 Å². The molecule has 0 aliphatic carbocycles. The molecule has 168 valence electrons. The lowest BCUT2D eigenvalue weighted by atomic mass is 10.1. The summed E-state index contributed by atoms with van der Waals surface area (Å²) in [6.45, 7) is 4.21. The summed E-state index contributed by atoms with van der Waals surface area (Å²) in [6, 6.07) is 29.4. The summed E-state index contributed by atoms with van der Waals surface area (Å²) >= 11 is 1.61. The molecule has 2 heterocycles. The molecule has 0 saturated carbocycles. The van der Waals surface area contributed by atoms with E-state index >= 15 is 0 Å². The van der Waals surface area contributed by atoms with Crippen LogP contribution in [0.25, 0.3) is 32.3 Å². The largest absolute Gasteiger partial charge is 0.364 e. The fraction of sp³-hybridized carbons (Fsp3) is 0.103. The molecule has 2 aromatic heterocycles. The first kappa shape index (κ1) is 22.0. The van der Waals surface area contributed by atoms with Gasteiger partial charge in [-0.1, -0.05) is 54.1 Å². The monoisotopic (exact) mass is 465 g/mol. The Morgan fingerprint density at radius 2 is 1.62 bits per heavy atom. The Bertz CT molecular complexity index is 1410. The number of thiazole rings is 1. The number of aryl methyl sites for hydroxylation is 1. The zero-order valence-electron chi connectivity index (χ0n) is 19.0. The van der Waals surface area contributed by atoms with Crippen LogP contribution in [0.4, 0.5) is 10.2 Å². The molecule has 1 atom stereocenters. The number of benzene rings is 3. The maximum atomic E-state index is 13.5. The highest BCUT2D eigenvalue weighted by molar-refractivity contribution is 7.19. The molecule has 0 spiro atoms. The first-order valence-corrected chi connectivity index (χ1v) is 12.0. The van der Waals surface area contributed by atoms with Crippen molar-refractivity contribution in [3.63, 3.8) is 0 Å². The van der Waals surface area contributed by atoms with E-state index in [1.807, 2.05) is 36.5 Å². The van der Waals surface area contributed by atoms with E-state index in [0.717, 1.165) is 38.1 Å². The first-order chi connectivity index (χ1) is 16.6. The maximum Gasteiger partial charge on any atom is 0.126 e. The summed E-state index contributed by atoms with van der Waals surface area (Å²) in [7, 11) is 0. The lowest BCUT2D eigenvalue weighted by Gasteiger charge is -2.15. The van der Waals surface area contributed by atoms with Gasteiger partial charge in [-0.15, -0.1) is 11.3 Å². The van der Waals surface area contributed by atoms with Crippen molar-refractivity contribution in [1.82, 2.24) is 9.97 Å². The molecule has 0 fully saturated rings. The van der Waals surface area contributed by atoms with Crippen molar-refractivity contribution >= 4 is 17.2 Å². The third kappa shape index (κ3) is 4.75. The average Bonchev–Trinajstić information content (AvgIpc) is 3.31. The third-order valence-corrected chi connectivity index (χ3v) is 6.85. The van der Waals surface area contributed by atoms with E-state index in [2.05, 4.69) is 60.5 Å². The van der Waals surface area contributed by atoms with Gasteiger partial charge in [0.05, 0.1) is 10.6 Å². The van der Waals surface area contributed by atoms with Crippen LogP contribution >= 0.6 is 11.3 Å². The Labute approximate surface area is 203 Å². The number of aromatic nitrogens is 2. The number of rotatable bonds is 6. The molecule has 0 radical (unpaired) electrons. The number of nitrogens with one attached hydrogen (secondary N) is 1. The molecule has 5 aromatic rings. The summed E-state index contributed by atoms with van der Waals surface area (Å²) in [4.78, 5) is 10.6. The summed E-state index contributed by atoms with van der Waals surface area (Å²) in [5, 5.41) is 4.37. The second kappa shape index (κ2) is 9.57. The fourth-order valence-electron chi connectivity index (χ4n) is 3.92. The normalized spacial score (nSPS) is 11.9. The van der Waals surface area contributed by atoms with Crippen LogP contribution in [0.3, 0.4) is 0 Å². The van der Waals surface area contributed by atoms with E-state index < -0.39 is 0 Å². The van der Waals surface area contributed by atoms with Crippen LogP contribution < -0.4 is 5.32 Å². The lowest BCUT2D eigenvalue weighted by molar-refractivity contribution is 0.628. The molecule has 0 unspecified atom stereocenters. The van der Waals surface area contributed by atoms with Gasteiger partial charge in [0, 0.05) is 23.4 Å². The molecule has 0 amide bonds. The highest BCUT2D eigenvalue weighted by Gasteiger charge is 2.17. The van der Waals surface area contributed by atoms with Crippen molar-refractivity contribution in [3.8, 4) is 32.3 Å². The van der Waals surface area contributed by atoms with E-state index in [0.29, 0.717) is 0 Å². The maximum absolute atomic E-state index is 13.5. The molecule has 3 aromatic carbocycles. The Morgan fingerprint density at radius 3 is 2.38 bits per heavy atom. The molecular weight excluding hydrogens is 441 g/mol. The van der Waals surface area contributed by atoms with Gasteiger partial charge in [0.2, 0.25) is 0 Å². The topological polar surface area (TPSA) is 37.8 Å². The Morgan fingerprint density at radius 1 is 0.824 bits per heavy atom. The summed E-state index contributed by atoms with van der Waals surface area (Å²) in [5.74, 6) is 0.553. The fourth-order valence-corrected chi connectivity index (χ4v) is 5.01. The highest BCUT2D eigenvalue weighted by atomic mass is 32.1. The van der Waals surface area contributed by atoms with Crippen molar-refractivity contribution in [2.24, 2.45) is 0 Å². The van der Waals surface area contributed by atoms with Crippen LogP contribution in [0.5, 0.6) is 0 Å². The predicted molar refractivity (Wildman–Crippen MR) is 139 cm³/mol. The van der Waals surface area contributed by atoms with Crippen LogP contribution in [-0.4, -0.2) is 9.97 Å². The summed E-state index contributed by atoms with van der Waals surface area (Å²) in [5.41, 5.74) is 6.29. The van der Waals surface area contributed by atoms with Gasteiger partial charge in [-0.3, -0.25) is 0 Å². The van der Waals surface area contributed by atoms with Crippen LogP contribution in [0.2, 0.25) is 0 Å². The van der Waals surface area contributed by atoms with Crippen LogP contribution in [0, 0.1) is 12.7 Å². The van der Waals surface area contributed by atoms with Crippen molar-refractivity contribution in [1.29, 1.82) is 0 Å². The molecule has 0 saturated heterocycles. The zero-order valence-corrected chi connectivity index (χ0v) is 19.8. The van der Waals surface area contributed by atoms with Crippen molar-refractivity contribution in [2.45, 2.75) is 19.9 Å². The second-order valence-corrected chi connectivity index (χ2v) is 9.28. The van der Waals surface area contributed by atoms with E-state index in [4.69, 9.17) is 4.98 Å². The Hall–Kier alpha value is -3.83. The summed E-state index contributed by atoms with van der Waals surface area (Å²) < 4.78 is 13.5. The quantitative estimate of drug-likeness (QED) is 0.275. The Balaban J connectivity index is 1.56. The molecule has 34 heavy (non-hydrogen) atoms. The number of nitrogens with zero attached hydrogens (tertiary/aromatic N) is 2. The highest BCUT2D eigenvalue weighted by Crippen LogP contribution is 2.41. The van der Waals surface area contributed by atoms with Gasteiger partial charge in [-0.05, 0) is 67.4 Å². The number of hydrogen-bond acceptors (Lipinski definition) is 4. The molecular formula is C29H24FN3S. The van der Waals surface area contributed by atoms with Crippen LogP contribution in [0.1, 0.15) is 24.1 Å². The van der Waals surface area contributed by atoms with Crippen LogP contribution in [0.15, 0.2) is 97.2 Å². The molecule has 1 N–H and O–H groups in total. The van der Waals surface area contributed by atoms with E-state index in [-0.39, 0.29) is 11.9 Å². The third-order valence-electron chi connectivity index (χ3n) is 5.70. The molecule has 0 aliphatic heterocycles. The smallest absolute Gasteiger partial charge is 0.126 e. The zero-order chi connectivity index (χ0) is 23.5. The average molecular weight is 466 g/mol. The SMILES string of the molecule is Cc1cccc(-c2nc(-c3ccc(F)cc3)sc2-c2ccnc(N[C@H](C)c3ccccc3)c2)c1. The molecule has 3 nitrogen and oxygen atoms in total. The van der Waals surface area contributed by atoms with Gasteiger partial charge >= 0.3 is 0 Å². The summed E-state index contributed by atoms with van der Waals surface area (Å²) in [6.07, 6.45) is 1.83. The molecule has 0 bridgehead atoms. The minimum atomic E-state index is -0.253. The van der Waals surface area contributed by atoms with Gasteiger partial charge in [0.1, 0.15) is 16.6 Å². The van der Waals surface area contributed by atoms with Gasteiger partial charge in [0.15, 0.2) is 0 Å². The van der Waals surface area contributed by atoms with Gasteiger partial charge in [-0.2, -0.15) is 0 Å². The number of halogens is 1. The van der Waals surface area contributed by atoms with Gasteiger partial charge < -0.3 is 5.32 Å². The number of hydrogen-bond donors (Lipinski definition) is 1. The standard InChI is InChI=1S/C29H24FN3S/c1-19-7-6-10-23(17-19)27-28(34-29(33-27)22-11-13-25(30)14-12-22)24-15-16-31-26(18-24)32-20(2)21-8-4-3-5-9-21/h3-18,20H,1-2H3,(H,31,32)/t20-/m1/s1. The predicted octanol–water partition coefficient (Wildman–Crippen LogP) is 8.16. The molecule has 5 rings (SSSR count). The first-order valence-electron chi connectivity index (χ1n) is 11.2. The second-order valence-electron chi connectivity index (χ2n) is 8.28. The van der Waals surface area contributed by atoms with Crippen LogP contribution in [-0.2, 0) is 0 Å². The lowest BCUT2D eigenvalue weighted by Crippen LogP contribution is -2.07. The molecule has 0 aliphatic rings. The minimum absolute atomic E-state index is 0.122. The number of pyridine rings is 1. The van der Waals surface area contributed by atoms with E-state index in [1.165, 1.54) is 23.3 Å². The van der Waals surface area contributed by atoms with Crippen molar-refractivity contribution < 1.29 is 4.39 Å². The van der Waals surface area contributed by atoms with Crippen molar-refractivity contribution in [2.75, 3.05) is 5.32 Å². The minimum Gasteiger partial charge on any atom is -0.364 e. The molecule has 5 heteroatoms. The van der Waals surface area contributed by atoms with E-state index in [9.17, 15) is 4.39 Å². The Kier molecular flexibility index (Phi) is 6.19. The van der Waals surface area contributed by atoms with Gasteiger partial charge in [0.25, 0.3) is 0 Å². The number of anilines is 1.